The summed E-state index contributed by atoms with van der Waals surface area (Å²) in [5, 5.41) is 0. The Morgan fingerprint density at radius 1 is 1.00 bits per heavy atom. The Labute approximate surface area is 67.0 Å². The lowest BCUT2D eigenvalue weighted by atomic mass is 9.93. The lowest BCUT2D eigenvalue weighted by Crippen LogP contribution is -2.34. The van der Waals surface area contributed by atoms with Gasteiger partial charge in [-0.1, -0.05) is 47.3 Å². The molecule has 1 heteroatoms. The van der Waals surface area contributed by atoms with Gasteiger partial charge in [0, 0.05) is 8.07 Å². The maximum atomic E-state index is 2.45. The zero-order valence-corrected chi connectivity index (χ0v) is 9.58. The molecule has 0 bridgehead atoms. The van der Waals surface area contributed by atoms with Crippen molar-refractivity contribution in [2.24, 2.45) is 5.41 Å². The van der Waals surface area contributed by atoms with Crippen LogP contribution in [0.4, 0.5) is 0 Å². The van der Waals surface area contributed by atoms with Gasteiger partial charge in [-0.2, -0.15) is 0 Å². The number of hydrogen-bond donors (Lipinski definition) is 0. The van der Waals surface area contributed by atoms with E-state index >= 15 is 0 Å². The maximum Gasteiger partial charge on any atom is 0.0476 e. The minimum Gasteiger partial charge on any atom is -0.0693 e. The van der Waals surface area contributed by atoms with Gasteiger partial charge in [0.15, 0.2) is 0 Å². The molecule has 0 N–H and O–H groups in total. The summed E-state index contributed by atoms with van der Waals surface area (Å²) >= 11 is 0. The van der Waals surface area contributed by atoms with Crippen molar-refractivity contribution < 1.29 is 0 Å². The summed E-state index contributed by atoms with van der Waals surface area (Å²) in [7, 11) is -0.896. The van der Waals surface area contributed by atoms with E-state index in [2.05, 4.69) is 47.3 Å². The van der Waals surface area contributed by atoms with E-state index in [0.717, 1.165) is 5.54 Å². The molecule has 0 aromatic rings. The van der Waals surface area contributed by atoms with Crippen molar-refractivity contribution in [3.05, 3.63) is 0 Å². The van der Waals surface area contributed by atoms with Crippen LogP contribution in [0.1, 0.15) is 27.7 Å². The molecule has 0 heterocycles. The number of rotatable bonds is 1. The molecule has 0 fully saturated rings. The zero-order chi connectivity index (χ0) is 8.58. The average Bonchev–Trinajstić information content (AvgIpc) is 1.59. The Kier molecular flexibility index (Phi) is 2.75. The Balaban J connectivity index is 4.23. The molecule has 0 nitrogen and oxygen atoms in total. The predicted octanol–water partition coefficient (Wildman–Crippen LogP) is 3.76. The molecule has 0 spiro atoms. The van der Waals surface area contributed by atoms with E-state index in [-0.39, 0.29) is 0 Å². The largest absolute Gasteiger partial charge is 0.0693 e. The molecule has 0 aromatic carbocycles. The van der Waals surface area contributed by atoms with Gasteiger partial charge >= 0.3 is 0 Å². The van der Waals surface area contributed by atoms with Crippen molar-refractivity contribution in [2.75, 3.05) is 0 Å². The average molecular weight is 158 g/mol. The molecule has 0 aliphatic heterocycles. The first-order chi connectivity index (χ1) is 4.15. The second-order valence-corrected chi connectivity index (χ2v) is 11.1. The molecule has 1 unspecified atom stereocenters. The minimum atomic E-state index is -0.896. The molecule has 0 aromatic heterocycles. The van der Waals surface area contributed by atoms with Gasteiger partial charge in [-0.15, -0.1) is 0 Å². The molecule has 1 atom stereocenters. The highest BCUT2D eigenvalue weighted by Crippen LogP contribution is 2.38. The fraction of sp³-hybridized carbons (Fsp3) is 1.00. The normalized spacial score (nSPS) is 17.1. The summed E-state index contributed by atoms with van der Waals surface area (Å²) in [5.41, 5.74) is 1.41. The van der Waals surface area contributed by atoms with Crippen LogP contribution in [-0.2, 0) is 0 Å². The van der Waals surface area contributed by atoms with Crippen LogP contribution in [0.2, 0.25) is 25.2 Å². The Morgan fingerprint density at radius 2 is 1.30 bits per heavy atom. The van der Waals surface area contributed by atoms with Crippen molar-refractivity contribution in [1.29, 1.82) is 0 Å². The van der Waals surface area contributed by atoms with E-state index in [4.69, 9.17) is 0 Å². The summed E-state index contributed by atoms with van der Waals surface area (Å²) < 4.78 is 0. The molecule has 0 amide bonds. The first-order valence-electron chi connectivity index (χ1n) is 4.15. The SMILES string of the molecule is CC(C(C)(C)C)[Si](C)(C)C. The first kappa shape index (κ1) is 10.2. The van der Waals surface area contributed by atoms with Crippen molar-refractivity contribution >= 4 is 8.07 Å². The van der Waals surface area contributed by atoms with E-state index in [1.54, 1.807) is 0 Å². The molecular weight excluding hydrogens is 136 g/mol. The summed E-state index contributed by atoms with van der Waals surface area (Å²) in [6.07, 6.45) is 0. The van der Waals surface area contributed by atoms with Gasteiger partial charge in [0.05, 0.1) is 0 Å². The van der Waals surface area contributed by atoms with Crippen LogP contribution in [0.5, 0.6) is 0 Å². The van der Waals surface area contributed by atoms with Crippen LogP contribution >= 0.6 is 0 Å². The predicted molar refractivity (Wildman–Crippen MR) is 52.2 cm³/mol. The third kappa shape index (κ3) is 2.87. The lowest BCUT2D eigenvalue weighted by Gasteiger charge is -2.36. The van der Waals surface area contributed by atoms with Gasteiger partial charge in [0.2, 0.25) is 0 Å². The van der Waals surface area contributed by atoms with E-state index in [1.165, 1.54) is 0 Å². The van der Waals surface area contributed by atoms with Gasteiger partial charge in [-0.05, 0) is 11.0 Å². The van der Waals surface area contributed by atoms with Crippen LogP contribution in [-0.4, -0.2) is 8.07 Å². The highest BCUT2D eigenvalue weighted by atomic mass is 28.3. The van der Waals surface area contributed by atoms with Gasteiger partial charge in [0.25, 0.3) is 0 Å². The minimum absolute atomic E-state index is 0.504. The lowest BCUT2D eigenvalue weighted by molar-refractivity contribution is 0.388. The summed E-state index contributed by atoms with van der Waals surface area (Å²) in [4.78, 5) is 0. The van der Waals surface area contributed by atoms with E-state index in [9.17, 15) is 0 Å². The molecule has 0 saturated carbocycles. The highest BCUT2D eigenvalue weighted by molar-refractivity contribution is 6.77. The smallest absolute Gasteiger partial charge is 0.0476 e. The second kappa shape index (κ2) is 2.69. The van der Waals surface area contributed by atoms with Crippen molar-refractivity contribution in [3.8, 4) is 0 Å². The third-order valence-electron chi connectivity index (χ3n) is 2.60. The standard InChI is InChI=1S/C9H22Si/c1-8(9(2,3)4)10(5,6)7/h8H,1-7H3. The van der Waals surface area contributed by atoms with Gasteiger partial charge in [-0.25, -0.2) is 0 Å². The van der Waals surface area contributed by atoms with E-state index < -0.39 is 8.07 Å². The monoisotopic (exact) mass is 158 g/mol. The summed E-state index contributed by atoms with van der Waals surface area (Å²) in [5.74, 6) is 0. The van der Waals surface area contributed by atoms with Crippen LogP contribution in [0.15, 0.2) is 0 Å². The molecular formula is C9H22Si. The van der Waals surface area contributed by atoms with E-state index in [1.807, 2.05) is 0 Å². The maximum absolute atomic E-state index is 2.45. The van der Waals surface area contributed by atoms with Crippen LogP contribution in [0.3, 0.4) is 0 Å². The zero-order valence-electron chi connectivity index (χ0n) is 8.58. The van der Waals surface area contributed by atoms with Crippen LogP contribution in [0, 0.1) is 5.41 Å². The second-order valence-electron chi connectivity index (χ2n) is 5.45. The Hall–Kier alpha value is 0.217. The molecule has 0 aliphatic rings. The fourth-order valence-electron chi connectivity index (χ4n) is 1.30. The molecule has 0 radical (unpaired) electrons. The molecule has 10 heavy (non-hydrogen) atoms. The molecule has 0 aliphatic carbocycles. The van der Waals surface area contributed by atoms with Crippen LogP contribution < -0.4 is 0 Å². The van der Waals surface area contributed by atoms with Crippen molar-refractivity contribution in [3.63, 3.8) is 0 Å². The first-order valence-corrected chi connectivity index (χ1v) is 7.73. The molecule has 62 valence electrons. The third-order valence-corrected chi connectivity index (χ3v) is 6.06. The highest BCUT2D eigenvalue weighted by Gasteiger charge is 2.31. The van der Waals surface area contributed by atoms with Gasteiger partial charge < -0.3 is 0 Å². The molecule has 0 saturated heterocycles. The summed E-state index contributed by atoms with van der Waals surface area (Å²) in [6, 6.07) is 0. The Bertz CT molecular complexity index is 88.9. The quantitative estimate of drug-likeness (QED) is 0.510. The summed E-state index contributed by atoms with van der Waals surface area (Å²) in [6.45, 7) is 16.8. The number of hydrogen-bond acceptors (Lipinski definition) is 0. The van der Waals surface area contributed by atoms with Crippen LogP contribution in [0.25, 0.3) is 0 Å². The Morgan fingerprint density at radius 3 is 1.30 bits per heavy atom. The van der Waals surface area contributed by atoms with E-state index in [0.29, 0.717) is 5.41 Å². The fourth-order valence-corrected chi connectivity index (χ4v) is 3.90. The van der Waals surface area contributed by atoms with Crippen molar-refractivity contribution in [2.45, 2.75) is 52.9 Å². The van der Waals surface area contributed by atoms with Gasteiger partial charge in [0.1, 0.15) is 0 Å². The van der Waals surface area contributed by atoms with Crippen molar-refractivity contribution in [1.82, 2.24) is 0 Å². The van der Waals surface area contributed by atoms with Gasteiger partial charge in [-0.3, -0.25) is 0 Å². The molecule has 0 rings (SSSR count). The topological polar surface area (TPSA) is 0 Å².